The molecular formula is C11H20N2O3. The summed E-state index contributed by atoms with van der Waals surface area (Å²) in [4.78, 5) is 0. The van der Waals surface area contributed by atoms with Gasteiger partial charge in [-0.15, -0.1) is 0 Å². The number of hydrogen-bond donors (Lipinski definition) is 1. The van der Waals surface area contributed by atoms with Crippen LogP contribution in [0.2, 0.25) is 0 Å². The number of rotatable bonds is 7. The molecular weight excluding hydrogens is 208 g/mol. The number of aryl methyl sites for hydroxylation is 1. The first kappa shape index (κ1) is 13.2. The van der Waals surface area contributed by atoms with Crippen molar-refractivity contribution in [3.05, 3.63) is 18.0 Å². The third kappa shape index (κ3) is 4.74. The first-order valence-corrected chi connectivity index (χ1v) is 5.40. The van der Waals surface area contributed by atoms with E-state index in [1.165, 1.54) is 0 Å². The Balaban J connectivity index is 2.23. The fraction of sp³-hybridized carbons (Fsp3) is 0.727. The number of ether oxygens (including phenoxy) is 2. The smallest absolute Gasteiger partial charge is 0.0969 e. The largest absolute Gasteiger partial charge is 0.389 e. The molecule has 1 heterocycles. The molecule has 5 nitrogen and oxygen atoms in total. The van der Waals surface area contributed by atoms with Crippen LogP contribution in [0.3, 0.4) is 0 Å². The molecule has 0 bridgehead atoms. The van der Waals surface area contributed by atoms with Gasteiger partial charge in [0.15, 0.2) is 0 Å². The fourth-order valence-corrected chi connectivity index (χ4v) is 1.39. The van der Waals surface area contributed by atoms with E-state index in [2.05, 4.69) is 5.10 Å². The van der Waals surface area contributed by atoms with Crippen LogP contribution in [0.15, 0.2) is 12.3 Å². The standard InChI is InChI=1S/C11H20N2O3/c1-9-4-5-13(12-9)6-11(14)8-16-10(2)7-15-3/h4-5,10-11,14H,6-8H2,1-3H3. The van der Waals surface area contributed by atoms with Gasteiger partial charge in [-0.25, -0.2) is 0 Å². The summed E-state index contributed by atoms with van der Waals surface area (Å²) in [6, 6.07) is 1.90. The Kier molecular flexibility index (Phi) is 5.45. The van der Waals surface area contributed by atoms with Crippen molar-refractivity contribution in [2.45, 2.75) is 32.6 Å². The van der Waals surface area contributed by atoms with Gasteiger partial charge in [-0.3, -0.25) is 4.68 Å². The Morgan fingerprint density at radius 1 is 1.50 bits per heavy atom. The summed E-state index contributed by atoms with van der Waals surface area (Å²) >= 11 is 0. The maximum absolute atomic E-state index is 9.70. The highest BCUT2D eigenvalue weighted by molar-refractivity contribution is 4.94. The molecule has 0 radical (unpaired) electrons. The molecule has 2 unspecified atom stereocenters. The van der Waals surface area contributed by atoms with E-state index in [1.807, 2.05) is 26.1 Å². The summed E-state index contributed by atoms with van der Waals surface area (Å²) in [5.74, 6) is 0. The first-order valence-electron chi connectivity index (χ1n) is 5.40. The van der Waals surface area contributed by atoms with Crippen LogP contribution in [0.5, 0.6) is 0 Å². The summed E-state index contributed by atoms with van der Waals surface area (Å²) in [7, 11) is 1.63. The quantitative estimate of drug-likeness (QED) is 0.742. The zero-order valence-corrected chi connectivity index (χ0v) is 10.1. The topological polar surface area (TPSA) is 56.5 Å². The molecule has 0 aromatic carbocycles. The monoisotopic (exact) mass is 228 g/mol. The first-order chi connectivity index (χ1) is 7.61. The van der Waals surface area contributed by atoms with E-state index >= 15 is 0 Å². The van der Waals surface area contributed by atoms with Crippen molar-refractivity contribution in [2.24, 2.45) is 0 Å². The van der Waals surface area contributed by atoms with Gasteiger partial charge in [-0.1, -0.05) is 0 Å². The summed E-state index contributed by atoms with van der Waals surface area (Å²) in [6.45, 7) is 5.11. The maximum Gasteiger partial charge on any atom is 0.0969 e. The Labute approximate surface area is 96.0 Å². The van der Waals surface area contributed by atoms with Crippen LogP contribution in [0, 0.1) is 6.92 Å². The maximum atomic E-state index is 9.70. The van der Waals surface area contributed by atoms with Gasteiger partial charge in [-0.2, -0.15) is 5.10 Å². The third-order valence-electron chi connectivity index (χ3n) is 2.15. The summed E-state index contributed by atoms with van der Waals surface area (Å²) in [5, 5.41) is 13.9. The van der Waals surface area contributed by atoms with Gasteiger partial charge in [0.25, 0.3) is 0 Å². The van der Waals surface area contributed by atoms with Crippen LogP contribution in [0.1, 0.15) is 12.6 Å². The summed E-state index contributed by atoms with van der Waals surface area (Å²) in [5.41, 5.74) is 0.945. The average Bonchev–Trinajstić information content (AvgIpc) is 2.61. The van der Waals surface area contributed by atoms with Crippen molar-refractivity contribution >= 4 is 0 Å². The zero-order valence-electron chi connectivity index (χ0n) is 10.1. The van der Waals surface area contributed by atoms with Crippen molar-refractivity contribution in [2.75, 3.05) is 20.3 Å². The van der Waals surface area contributed by atoms with E-state index in [0.717, 1.165) is 5.69 Å². The zero-order chi connectivity index (χ0) is 12.0. The van der Waals surface area contributed by atoms with Crippen LogP contribution in [-0.4, -0.2) is 47.4 Å². The molecule has 1 rings (SSSR count). The number of aliphatic hydroxyl groups is 1. The van der Waals surface area contributed by atoms with Crippen LogP contribution >= 0.6 is 0 Å². The van der Waals surface area contributed by atoms with E-state index in [4.69, 9.17) is 9.47 Å². The number of nitrogens with zero attached hydrogens (tertiary/aromatic N) is 2. The average molecular weight is 228 g/mol. The minimum atomic E-state index is -0.543. The van der Waals surface area contributed by atoms with Crippen LogP contribution < -0.4 is 0 Å². The van der Waals surface area contributed by atoms with Crippen LogP contribution in [-0.2, 0) is 16.0 Å². The second kappa shape index (κ2) is 6.62. The Bertz CT molecular complexity index is 301. The number of aliphatic hydroxyl groups excluding tert-OH is 1. The molecule has 92 valence electrons. The number of hydrogen-bond acceptors (Lipinski definition) is 4. The van der Waals surface area contributed by atoms with Crippen LogP contribution in [0.25, 0.3) is 0 Å². The molecule has 0 aliphatic carbocycles. The Morgan fingerprint density at radius 2 is 2.25 bits per heavy atom. The van der Waals surface area contributed by atoms with Crippen molar-refractivity contribution in [3.63, 3.8) is 0 Å². The van der Waals surface area contributed by atoms with Gasteiger partial charge in [0.1, 0.15) is 0 Å². The van der Waals surface area contributed by atoms with Gasteiger partial charge >= 0.3 is 0 Å². The molecule has 2 atom stereocenters. The lowest BCUT2D eigenvalue weighted by Gasteiger charge is -2.15. The lowest BCUT2D eigenvalue weighted by Crippen LogP contribution is -2.26. The Morgan fingerprint density at radius 3 is 2.81 bits per heavy atom. The van der Waals surface area contributed by atoms with Crippen molar-refractivity contribution in [1.82, 2.24) is 9.78 Å². The lowest BCUT2D eigenvalue weighted by molar-refractivity contribution is -0.0364. The van der Waals surface area contributed by atoms with Gasteiger partial charge in [0.2, 0.25) is 0 Å². The molecule has 0 spiro atoms. The minimum Gasteiger partial charge on any atom is -0.389 e. The van der Waals surface area contributed by atoms with E-state index in [0.29, 0.717) is 19.8 Å². The molecule has 0 aliphatic rings. The molecule has 0 saturated heterocycles. The van der Waals surface area contributed by atoms with E-state index in [9.17, 15) is 5.11 Å². The molecule has 1 aromatic rings. The van der Waals surface area contributed by atoms with E-state index < -0.39 is 6.10 Å². The molecule has 0 aliphatic heterocycles. The van der Waals surface area contributed by atoms with Gasteiger partial charge in [-0.05, 0) is 19.9 Å². The fourth-order valence-electron chi connectivity index (χ4n) is 1.39. The summed E-state index contributed by atoms with van der Waals surface area (Å²) < 4.78 is 12.1. The SMILES string of the molecule is COCC(C)OCC(O)Cn1ccc(C)n1. The van der Waals surface area contributed by atoms with Gasteiger partial charge < -0.3 is 14.6 Å². The summed E-state index contributed by atoms with van der Waals surface area (Å²) in [6.07, 6.45) is 1.30. The highest BCUT2D eigenvalue weighted by atomic mass is 16.5. The van der Waals surface area contributed by atoms with Crippen molar-refractivity contribution < 1.29 is 14.6 Å². The highest BCUT2D eigenvalue weighted by Gasteiger charge is 2.09. The predicted molar refractivity (Wildman–Crippen MR) is 60.3 cm³/mol. The highest BCUT2D eigenvalue weighted by Crippen LogP contribution is 1.98. The molecule has 1 aromatic heterocycles. The number of methoxy groups -OCH3 is 1. The molecule has 1 N–H and O–H groups in total. The van der Waals surface area contributed by atoms with Crippen molar-refractivity contribution in [1.29, 1.82) is 0 Å². The molecule has 0 amide bonds. The predicted octanol–water partition coefficient (Wildman–Crippen LogP) is 0.604. The second-order valence-electron chi connectivity index (χ2n) is 3.93. The van der Waals surface area contributed by atoms with E-state index in [-0.39, 0.29) is 6.10 Å². The van der Waals surface area contributed by atoms with Crippen molar-refractivity contribution in [3.8, 4) is 0 Å². The third-order valence-corrected chi connectivity index (χ3v) is 2.15. The normalized spacial score (nSPS) is 15.0. The molecule has 5 heteroatoms. The van der Waals surface area contributed by atoms with Crippen LogP contribution in [0.4, 0.5) is 0 Å². The second-order valence-corrected chi connectivity index (χ2v) is 3.93. The molecule has 0 saturated carbocycles. The minimum absolute atomic E-state index is 0.000919. The van der Waals surface area contributed by atoms with Gasteiger partial charge in [0, 0.05) is 13.3 Å². The molecule has 16 heavy (non-hydrogen) atoms. The Hall–Kier alpha value is -0.910. The molecule has 0 fully saturated rings. The van der Waals surface area contributed by atoms with E-state index in [1.54, 1.807) is 11.8 Å². The number of aromatic nitrogens is 2. The van der Waals surface area contributed by atoms with Gasteiger partial charge in [0.05, 0.1) is 37.7 Å². The lowest BCUT2D eigenvalue weighted by atomic mass is 10.3.